The smallest absolute Gasteiger partial charge is 0.296 e. The lowest BCUT2D eigenvalue weighted by Gasteiger charge is -2.16. The van der Waals surface area contributed by atoms with Crippen molar-refractivity contribution in [3.05, 3.63) is 107 Å². The normalized spacial score (nSPS) is 14.4. The van der Waals surface area contributed by atoms with Gasteiger partial charge in [0.05, 0.1) is 33.3 Å². The number of nitrogens with one attached hydrogen (secondary N) is 1. The molecule has 0 fully saturated rings. The van der Waals surface area contributed by atoms with Crippen molar-refractivity contribution in [2.45, 2.75) is 4.90 Å². The first kappa shape index (κ1) is 33.6. The number of Topliss-reactive ketones (excluding diaryl/α,β-unsaturated/α-hetero) is 1. The average Bonchev–Trinajstić information content (AvgIpc) is 3.07. The molecule has 0 atom stereocenters. The minimum atomic E-state index is -4.86. The molecule has 5 aromatic carbocycles. The highest BCUT2D eigenvalue weighted by Gasteiger charge is 2.33. The van der Waals surface area contributed by atoms with Gasteiger partial charge in [0.25, 0.3) is 20.2 Å². The van der Waals surface area contributed by atoms with Gasteiger partial charge in [-0.2, -0.15) is 32.2 Å². The molecule has 50 heavy (non-hydrogen) atoms. The summed E-state index contributed by atoms with van der Waals surface area (Å²) in [6.45, 7) is 0. The van der Waals surface area contributed by atoms with E-state index in [1.165, 1.54) is 60.7 Å². The van der Waals surface area contributed by atoms with Gasteiger partial charge in [-0.1, -0.05) is 12.1 Å². The molecule has 0 amide bonds. The van der Waals surface area contributed by atoms with Gasteiger partial charge in [-0.05, 0) is 90.5 Å². The fourth-order valence-electron chi connectivity index (χ4n) is 4.87. The Morgan fingerprint density at radius 2 is 1.30 bits per heavy atom. The van der Waals surface area contributed by atoms with Crippen molar-refractivity contribution in [2.75, 3.05) is 22.6 Å². The number of hydrazone groups is 1. The van der Waals surface area contributed by atoms with Gasteiger partial charge in [0.1, 0.15) is 10.6 Å². The topological polar surface area (TPSA) is 278 Å². The Morgan fingerprint density at radius 1 is 0.620 bits per heavy atom. The van der Waals surface area contributed by atoms with Crippen molar-refractivity contribution in [1.82, 2.24) is 0 Å². The van der Waals surface area contributed by atoms with E-state index in [2.05, 4.69) is 31.0 Å². The second kappa shape index (κ2) is 12.9. The Morgan fingerprint density at radius 3 is 2.00 bits per heavy atom. The van der Waals surface area contributed by atoms with Crippen LogP contribution in [-0.2, 0) is 20.2 Å². The van der Waals surface area contributed by atoms with Crippen molar-refractivity contribution < 1.29 is 30.7 Å². The lowest BCUT2D eigenvalue weighted by atomic mass is 9.94. The molecular weight excluding hydrogens is 687 g/mol. The molecule has 0 radical (unpaired) electrons. The highest BCUT2D eigenvalue weighted by Crippen LogP contribution is 2.34. The number of hydrogen-bond acceptors (Lipinski definition) is 14. The molecule has 1 aliphatic rings. The summed E-state index contributed by atoms with van der Waals surface area (Å²) in [5.41, 5.74) is 22.8. The number of rotatable bonds is 8. The molecule has 0 unspecified atom stereocenters. The zero-order valence-corrected chi connectivity index (χ0v) is 27.1. The van der Waals surface area contributed by atoms with E-state index in [0.29, 0.717) is 44.9 Å². The molecule has 18 heteroatoms. The fraction of sp³-hybridized carbons (Fsp3) is 0. The summed E-state index contributed by atoms with van der Waals surface area (Å²) in [6.07, 6.45) is 1.12. The SMILES string of the molecule is Nc1ccc(N=Nc2ccc3c(c2)C(=O)C(=NNc2ccc(N=Nc4ccc(N)c5cc(S(=O)(=O)O)ccc45)cc2)C(S(=O)(=O)O)=C3)c(N)c1. The van der Waals surface area contributed by atoms with Gasteiger partial charge in [0, 0.05) is 27.7 Å². The zero-order chi connectivity index (χ0) is 35.8. The predicted molar refractivity (Wildman–Crippen MR) is 190 cm³/mol. The van der Waals surface area contributed by atoms with Gasteiger partial charge in [0.15, 0.2) is 5.71 Å². The molecule has 1 aliphatic carbocycles. The lowest BCUT2D eigenvalue weighted by Crippen LogP contribution is -2.27. The second-order valence-corrected chi connectivity index (χ2v) is 13.6. The van der Waals surface area contributed by atoms with Crippen LogP contribution in [-0.4, -0.2) is 37.4 Å². The minimum Gasteiger partial charge on any atom is -0.399 e. The van der Waals surface area contributed by atoms with Gasteiger partial charge >= 0.3 is 0 Å². The summed E-state index contributed by atoms with van der Waals surface area (Å²) >= 11 is 0. The number of nitrogens with two attached hydrogens (primary N) is 3. The van der Waals surface area contributed by atoms with E-state index in [4.69, 9.17) is 17.2 Å². The summed E-state index contributed by atoms with van der Waals surface area (Å²) in [5, 5.41) is 21.5. The zero-order valence-electron chi connectivity index (χ0n) is 25.5. The highest BCUT2D eigenvalue weighted by atomic mass is 32.2. The number of benzene rings is 5. The van der Waals surface area contributed by atoms with Crippen LogP contribution in [0.25, 0.3) is 16.8 Å². The van der Waals surface area contributed by atoms with Gasteiger partial charge in [0.2, 0.25) is 5.78 Å². The molecule has 0 bridgehead atoms. The predicted octanol–water partition coefficient (Wildman–Crippen LogP) is 6.56. The van der Waals surface area contributed by atoms with Crippen molar-refractivity contribution in [3.8, 4) is 0 Å². The molecule has 0 heterocycles. The summed E-state index contributed by atoms with van der Waals surface area (Å²) in [5.74, 6) is -0.795. The number of ketones is 1. The summed E-state index contributed by atoms with van der Waals surface area (Å²) in [7, 11) is -9.30. The standard InChI is InChI=1S/C32H25N9O7S2/c33-18-2-11-29(27(35)14-18)40-38-21-3-1-17-13-30(50(46,47)48)31(32(42)24(17)15-21)41-37-20-6-4-19(5-7-20)36-39-28-12-10-26(34)25-16-22(49(43,44)45)8-9-23(25)28/h1-16,37H,33-35H2,(H,43,44,45)(H,46,47,48). The largest absolute Gasteiger partial charge is 0.399 e. The van der Waals surface area contributed by atoms with Crippen LogP contribution in [0.4, 0.5) is 45.5 Å². The van der Waals surface area contributed by atoms with Crippen LogP contribution in [0.2, 0.25) is 0 Å². The number of anilines is 4. The fourth-order valence-corrected chi connectivity index (χ4v) is 6.04. The Hall–Kier alpha value is -6.34. The number of carbonyl (C=O) groups excluding carboxylic acids is 1. The first-order chi connectivity index (χ1) is 23.7. The van der Waals surface area contributed by atoms with Gasteiger partial charge in [-0.15, -0.1) is 10.2 Å². The Bertz CT molecular complexity index is 2570. The third kappa shape index (κ3) is 7.08. The van der Waals surface area contributed by atoms with Crippen LogP contribution < -0.4 is 22.6 Å². The van der Waals surface area contributed by atoms with Crippen molar-refractivity contribution in [1.29, 1.82) is 0 Å². The second-order valence-electron chi connectivity index (χ2n) is 10.8. The maximum atomic E-state index is 13.5. The molecule has 0 saturated carbocycles. The Kier molecular flexibility index (Phi) is 8.68. The van der Waals surface area contributed by atoms with E-state index >= 15 is 0 Å². The molecule has 0 aromatic heterocycles. The summed E-state index contributed by atoms with van der Waals surface area (Å²) in [6, 6.07) is 22.3. The van der Waals surface area contributed by atoms with Crippen LogP contribution in [0.5, 0.6) is 0 Å². The average molecular weight is 712 g/mol. The lowest BCUT2D eigenvalue weighted by molar-refractivity contribution is 0.106. The van der Waals surface area contributed by atoms with Crippen molar-refractivity contribution in [3.63, 3.8) is 0 Å². The Labute approximate surface area is 284 Å². The van der Waals surface area contributed by atoms with Gasteiger partial charge in [-0.25, -0.2) is 0 Å². The van der Waals surface area contributed by atoms with Gasteiger partial charge < -0.3 is 17.2 Å². The monoisotopic (exact) mass is 711 g/mol. The molecule has 0 spiro atoms. The molecule has 9 N–H and O–H groups in total. The maximum Gasteiger partial charge on any atom is 0.296 e. The number of carbonyl (C=O) groups is 1. The number of hydrogen-bond donors (Lipinski definition) is 6. The van der Waals surface area contributed by atoms with Crippen LogP contribution >= 0.6 is 0 Å². The Balaban J connectivity index is 1.23. The van der Waals surface area contributed by atoms with Crippen LogP contribution in [0.1, 0.15) is 15.9 Å². The van der Waals surface area contributed by atoms with Gasteiger partial charge in [-0.3, -0.25) is 19.3 Å². The van der Waals surface area contributed by atoms with E-state index in [-0.39, 0.29) is 27.4 Å². The van der Waals surface area contributed by atoms with E-state index in [1.54, 1.807) is 30.3 Å². The number of nitrogen functional groups attached to an aromatic ring is 3. The van der Waals surface area contributed by atoms with Crippen LogP contribution in [0.3, 0.4) is 0 Å². The van der Waals surface area contributed by atoms with E-state index in [9.17, 15) is 30.7 Å². The first-order valence-corrected chi connectivity index (χ1v) is 17.2. The van der Waals surface area contributed by atoms with Crippen molar-refractivity contribution >= 4 is 94.1 Å². The summed E-state index contributed by atoms with van der Waals surface area (Å²) in [4.78, 5) is 12.5. The first-order valence-electron chi connectivity index (χ1n) is 14.3. The van der Waals surface area contributed by atoms with Crippen LogP contribution in [0.15, 0.2) is 126 Å². The van der Waals surface area contributed by atoms with E-state index in [1.807, 2.05) is 0 Å². The molecule has 0 aliphatic heterocycles. The third-order valence-electron chi connectivity index (χ3n) is 7.35. The molecule has 0 saturated heterocycles. The van der Waals surface area contributed by atoms with Crippen molar-refractivity contribution in [2.24, 2.45) is 25.6 Å². The maximum absolute atomic E-state index is 13.5. The van der Waals surface area contributed by atoms with Crippen LogP contribution in [0, 0.1) is 0 Å². The molecule has 6 rings (SSSR count). The molecular formula is C32H25N9O7S2. The molecule has 16 nitrogen and oxygen atoms in total. The highest BCUT2D eigenvalue weighted by molar-refractivity contribution is 7.91. The molecule has 5 aromatic rings. The minimum absolute atomic E-state index is 0.0693. The quantitative estimate of drug-likeness (QED) is 0.0434. The molecule has 252 valence electrons. The number of allylic oxidation sites excluding steroid dienone is 1. The van der Waals surface area contributed by atoms with E-state index in [0.717, 1.165) is 6.08 Å². The number of fused-ring (bicyclic) bond motifs is 2. The van der Waals surface area contributed by atoms with E-state index < -0.39 is 36.6 Å². The number of nitrogens with zero attached hydrogens (tertiary/aromatic N) is 5. The number of azo groups is 2. The summed E-state index contributed by atoms with van der Waals surface area (Å²) < 4.78 is 66.9. The third-order valence-corrected chi connectivity index (χ3v) is 9.07.